The van der Waals surface area contributed by atoms with Crippen molar-refractivity contribution in [1.82, 2.24) is 0 Å². The van der Waals surface area contributed by atoms with Crippen molar-refractivity contribution in [3.8, 4) is 0 Å². The van der Waals surface area contributed by atoms with E-state index in [9.17, 15) is 0 Å². The number of hydrogen-bond donors (Lipinski definition) is 1. The molecule has 0 radical (unpaired) electrons. The maximum Gasteiger partial charge on any atom is 0.0476 e. The van der Waals surface area contributed by atoms with Crippen LogP contribution in [-0.2, 0) is 0 Å². The minimum atomic E-state index is -0.696. The largest absolute Gasteiger partial charge is 0.330 e. The molecule has 0 spiro atoms. The molecule has 1 rings (SSSR count). The third-order valence-electron chi connectivity index (χ3n) is 2.65. The fourth-order valence-electron chi connectivity index (χ4n) is 2.06. The van der Waals surface area contributed by atoms with Crippen LogP contribution < -0.4 is 5.73 Å². The van der Waals surface area contributed by atoms with Crippen molar-refractivity contribution in [2.45, 2.75) is 38.0 Å². The summed E-state index contributed by atoms with van der Waals surface area (Å²) in [5.74, 6) is 0.992. The van der Waals surface area contributed by atoms with Crippen LogP contribution in [0.3, 0.4) is 0 Å². The lowest BCUT2D eigenvalue weighted by Crippen LogP contribution is -2.20. The highest BCUT2D eigenvalue weighted by Gasteiger charge is 2.31. The summed E-state index contributed by atoms with van der Waals surface area (Å²) in [5, 5.41) is 0. The van der Waals surface area contributed by atoms with Crippen molar-refractivity contribution in [3.63, 3.8) is 0 Å². The molecule has 0 saturated carbocycles. The van der Waals surface area contributed by atoms with Gasteiger partial charge in [-0.3, -0.25) is 0 Å². The molecule has 60 valence electrons. The summed E-state index contributed by atoms with van der Waals surface area (Å²) in [7, 11) is -0.696. The lowest BCUT2D eigenvalue weighted by Gasteiger charge is -2.13. The second-order valence-corrected chi connectivity index (χ2v) is 9.59. The fraction of sp³-hybridized carbons (Fsp3) is 1.00. The minimum Gasteiger partial charge on any atom is -0.330 e. The Bertz CT molecular complexity index is 112. The molecule has 1 heterocycles. The van der Waals surface area contributed by atoms with Crippen molar-refractivity contribution >= 4 is 8.07 Å². The highest BCUT2D eigenvalue weighted by atomic mass is 28.3. The molecule has 1 fully saturated rings. The first kappa shape index (κ1) is 8.28. The third kappa shape index (κ3) is 2.10. The number of rotatable bonds is 2. The van der Waals surface area contributed by atoms with E-state index in [1.54, 1.807) is 0 Å². The lowest BCUT2D eigenvalue weighted by atomic mass is 10.1. The minimum absolute atomic E-state index is 0.696. The maximum absolute atomic E-state index is 5.51. The van der Waals surface area contributed by atoms with Crippen LogP contribution in [0.4, 0.5) is 0 Å². The highest BCUT2D eigenvalue weighted by Crippen LogP contribution is 2.36. The SMILES string of the molecule is C[Si]1(C)CC[C@H](CCN)C1. The van der Waals surface area contributed by atoms with Gasteiger partial charge in [0.05, 0.1) is 0 Å². The zero-order valence-corrected chi connectivity index (χ0v) is 8.19. The van der Waals surface area contributed by atoms with E-state index in [1.807, 2.05) is 0 Å². The zero-order chi connectivity index (χ0) is 7.61. The first-order chi connectivity index (χ1) is 4.64. The van der Waals surface area contributed by atoms with Gasteiger partial charge in [0.1, 0.15) is 0 Å². The van der Waals surface area contributed by atoms with E-state index in [0.29, 0.717) is 0 Å². The van der Waals surface area contributed by atoms with Gasteiger partial charge in [0.15, 0.2) is 0 Å². The first-order valence-corrected chi connectivity index (χ1v) is 7.75. The average Bonchev–Trinajstić information content (AvgIpc) is 2.12. The van der Waals surface area contributed by atoms with Gasteiger partial charge in [-0.25, -0.2) is 0 Å². The van der Waals surface area contributed by atoms with E-state index in [0.717, 1.165) is 12.5 Å². The van der Waals surface area contributed by atoms with Crippen molar-refractivity contribution in [2.24, 2.45) is 11.7 Å². The Labute approximate surface area is 65.0 Å². The molecular weight excluding hydrogens is 138 g/mol. The van der Waals surface area contributed by atoms with Gasteiger partial charge in [0, 0.05) is 8.07 Å². The Morgan fingerprint density at radius 1 is 1.50 bits per heavy atom. The molecule has 1 aliphatic heterocycles. The molecule has 1 aliphatic rings. The van der Waals surface area contributed by atoms with Crippen LogP contribution in [0, 0.1) is 5.92 Å². The topological polar surface area (TPSA) is 26.0 Å². The first-order valence-electron chi connectivity index (χ1n) is 4.34. The molecule has 0 bridgehead atoms. The molecule has 2 heteroatoms. The van der Waals surface area contributed by atoms with Crippen molar-refractivity contribution < 1.29 is 0 Å². The molecular formula is C8H19NSi. The van der Waals surface area contributed by atoms with Crippen LogP contribution in [0.2, 0.25) is 25.2 Å². The molecule has 0 aromatic carbocycles. The van der Waals surface area contributed by atoms with Gasteiger partial charge in [-0.1, -0.05) is 31.6 Å². The Hall–Kier alpha value is 0.177. The second-order valence-electron chi connectivity index (χ2n) is 4.35. The van der Waals surface area contributed by atoms with Gasteiger partial charge < -0.3 is 5.73 Å². The van der Waals surface area contributed by atoms with E-state index in [-0.39, 0.29) is 0 Å². The summed E-state index contributed by atoms with van der Waals surface area (Å²) in [6.45, 7) is 5.90. The predicted molar refractivity (Wildman–Crippen MR) is 48.9 cm³/mol. The van der Waals surface area contributed by atoms with Gasteiger partial charge in [-0.05, 0) is 18.9 Å². The van der Waals surface area contributed by atoms with Crippen LogP contribution in [0.25, 0.3) is 0 Å². The van der Waals surface area contributed by atoms with E-state index in [1.165, 1.54) is 24.9 Å². The monoisotopic (exact) mass is 157 g/mol. The summed E-state index contributed by atoms with van der Waals surface area (Å²) in [4.78, 5) is 0. The standard InChI is InChI=1S/C8H19NSi/c1-10(2)6-4-8(7-10)3-5-9/h8H,3-7,9H2,1-2H3/t8-/m0/s1. The summed E-state index contributed by atoms with van der Waals surface area (Å²) >= 11 is 0. The third-order valence-corrected chi connectivity index (χ3v) is 5.97. The molecule has 0 aromatic heterocycles. The summed E-state index contributed by atoms with van der Waals surface area (Å²) in [6, 6.07) is 3.07. The Balaban J connectivity index is 2.29. The van der Waals surface area contributed by atoms with Crippen molar-refractivity contribution in [2.75, 3.05) is 6.54 Å². The average molecular weight is 157 g/mol. The summed E-state index contributed by atoms with van der Waals surface area (Å²) in [5.41, 5.74) is 5.51. The quantitative estimate of drug-likeness (QED) is 0.610. The molecule has 1 nitrogen and oxygen atoms in total. The van der Waals surface area contributed by atoms with Gasteiger partial charge in [-0.15, -0.1) is 0 Å². The molecule has 1 saturated heterocycles. The van der Waals surface area contributed by atoms with E-state index < -0.39 is 8.07 Å². The van der Waals surface area contributed by atoms with Crippen molar-refractivity contribution in [1.29, 1.82) is 0 Å². The second kappa shape index (κ2) is 3.05. The van der Waals surface area contributed by atoms with Gasteiger partial charge >= 0.3 is 0 Å². The normalized spacial score (nSPS) is 30.9. The molecule has 0 amide bonds. The smallest absolute Gasteiger partial charge is 0.0476 e. The predicted octanol–water partition coefficient (Wildman–Crippen LogP) is 2.06. The van der Waals surface area contributed by atoms with Crippen LogP contribution in [0.15, 0.2) is 0 Å². The van der Waals surface area contributed by atoms with Crippen molar-refractivity contribution in [3.05, 3.63) is 0 Å². The fourth-order valence-corrected chi connectivity index (χ4v) is 5.43. The highest BCUT2D eigenvalue weighted by molar-refractivity contribution is 6.78. The summed E-state index contributed by atoms with van der Waals surface area (Å²) < 4.78 is 0. The molecule has 0 aromatic rings. The maximum atomic E-state index is 5.51. The molecule has 0 aliphatic carbocycles. The van der Waals surface area contributed by atoms with Gasteiger partial charge in [0.25, 0.3) is 0 Å². The zero-order valence-electron chi connectivity index (χ0n) is 7.19. The summed E-state index contributed by atoms with van der Waals surface area (Å²) in [6.07, 6.45) is 2.74. The van der Waals surface area contributed by atoms with Gasteiger partial charge in [-0.2, -0.15) is 0 Å². The van der Waals surface area contributed by atoms with E-state index >= 15 is 0 Å². The molecule has 2 N–H and O–H groups in total. The van der Waals surface area contributed by atoms with Gasteiger partial charge in [0.2, 0.25) is 0 Å². The molecule has 10 heavy (non-hydrogen) atoms. The van der Waals surface area contributed by atoms with Crippen LogP contribution in [0.5, 0.6) is 0 Å². The van der Waals surface area contributed by atoms with E-state index in [4.69, 9.17) is 5.73 Å². The van der Waals surface area contributed by atoms with Crippen LogP contribution in [-0.4, -0.2) is 14.6 Å². The van der Waals surface area contributed by atoms with Crippen LogP contribution in [0.1, 0.15) is 12.8 Å². The molecule has 0 unspecified atom stereocenters. The Morgan fingerprint density at radius 3 is 2.60 bits per heavy atom. The number of hydrogen-bond acceptors (Lipinski definition) is 1. The number of nitrogens with two attached hydrogens (primary N) is 1. The lowest BCUT2D eigenvalue weighted by molar-refractivity contribution is 0.546. The Kier molecular flexibility index (Phi) is 2.53. The molecule has 1 atom stereocenters. The van der Waals surface area contributed by atoms with E-state index in [2.05, 4.69) is 13.1 Å². The Morgan fingerprint density at radius 2 is 2.20 bits per heavy atom. The van der Waals surface area contributed by atoms with Crippen LogP contribution >= 0.6 is 0 Å².